The zero-order valence-corrected chi connectivity index (χ0v) is 12.1. The average Bonchev–Trinajstić information content (AvgIpc) is 2.77. The first-order valence-electron chi connectivity index (χ1n) is 5.94. The van der Waals surface area contributed by atoms with Crippen LogP contribution < -0.4 is 5.73 Å². The van der Waals surface area contributed by atoms with E-state index in [-0.39, 0.29) is 18.1 Å². The maximum atomic E-state index is 12.4. The lowest BCUT2D eigenvalue weighted by Crippen LogP contribution is -2.41. The van der Waals surface area contributed by atoms with Crippen molar-refractivity contribution in [3.05, 3.63) is 28.2 Å². The molecule has 1 fully saturated rings. The van der Waals surface area contributed by atoms with Crippen LogP contribution in [0.15, 0.2) is 22.7 Å². The van der Waals surface area contributed by atoms with Crippen LogP contribution in [-0.2, 0) is 4.74 Å². The van der Waals surface area contributed by atoms with Gasteiger partial charge in [0.15, 0.2) is 0 Å². The number of nitrogen functional groups attached to an aromatic ring is 1. The van der Waals surface area contributed by atoms with Crippen LogP contribution in [0.4, 0.5) is 5.69 Å². The van der Waals surface area contributed by atoms with E-state index in [0.717, 1.165) is 10.9 Å². The number of anilines is 1. The largest absolute Gasteiger partial charge is 0.398 e. The molecular weight excluding hydrogens is 296 g/mol. The number of carbonyl (C=O) groups excluding carboxylic acids is 1. The number of ether oxygens (including phenoxy) is 1. The van der Waals surface area contributed by atoms with Gasteiger partial charge >= 0.3 is 0 Å². The smallest absolute Gasteiger partial charge is 0.256 e. The highest BCUT2D eigenvalue weighted by atomic mass is 79.9. The van der Waals surface area contributed by atoms with Crippen molar-refractivity contribution < 1.29 is 9.53 Å². The standard InChI is InChI=1S/C13H17BrN2O2/c1-8-12(5-6-18-8)16(2)13(17)10-7-9(14)3-4-11(10)15/h3-4,7-8,12H,5-6,15H2,1-2H3. The van der Waals surface area contributed by atoms with Gasteiger partial charge in [-0.3, -0.25) is 4.79 Å². The van der Waals surface area contributed by atoms with Crippen LogP contribution in [0.2, 0.25) is 0 Å². The Labute approximate surface area is 115 Å². The van der Waals surface area contributed by atoms with Crippen molar-refractivity contribution in [1.29, 1.82) is 0 Å². The summed E-state index contributed by atoms with van der Waals surface area (Å²) in [5, 5.41) is 0. The number of nitrogens with zero attached hydrogens (tertiary/aromatic N) is 1. The molecule has 1 aliphatic rings. The summed E-state index contributed by atoms with van der Waals surface area (Å²) in [6.07, 6.45) is 0.949. The molecule has 0 bridgehead atoms. The molecule has 0 aromatic heterocycles. The van der Waals surface area contributed by atoms with Crippen molar-refractivity contribution >= 4 is 27.5 Å². The van der Waals surface area contributed by atoms with Crippen molar-refractivity contribution in [2.45, 2.75) is 25.5 Å². The van der Waals surface area contributed by atoms with Crippen LogP contribution in [0.5, 0.6) is 0 Å². The molecule has 2 unspecified atom stereocenters. The fourth-order valence-electron chi connectivity index (χ4n) is 2.28. The van der Waals surface area contributed by atoms with E-state index < -0.39 is 0 Å². The van der Waals surface area contributed by atoms with Crippen molar-refractivity contribution in [2.24, 2.45) is 0 Å². The molecule has 1 aromatic carbocycles. The minimum absolute atomic E-state index is 0.0591. The monoisotopic (exact) mass is 312 g/mol. The second-order valence-electron chi connectivity index (χ2n) is 4.58. The molecule has 4 nitrogen and oxygen atoms in total. The first-order valence-corrected chi connectivity index (χ1v) is 6.74. The van der Waals surface area contributed by atoms with Gasteiger partial charge in [-0.2, -0.15) is 0 Å². The normalized spacial score (nSPS) is 23.1. The summed E-state index contributed by atoms with van der Waals surface area (Å²) in [5.74, 6) is -0.0591. The van der Waals surface area contributed by atoms with Crippen LogP contribution in [0, 0.1) is 0 Å². The highest BCUT2D eigenvalue weighted by molar-refractivity contribution is 9.10. The number of hydrogen-bond donors (Lipinski definition) is 1. The van der Waals surface area contributed by atoms with E-state index in [1.54, 1.807) is 24.1 Å². The molecule has 0 aliphatic carbocycles. The van der Waals surface area contributed by atoms with Crippen LogP contribution in [0.3, 0.4) is 0 Å². The fraction of sp³-hybridized carbons (Fsp3) is 0.462. The number of halogens is 1. The van der Waals surface area contributed by atoms with E-state index in [1.165, 1.54) is 0 Å². The third-order valence-electron chi connectivity index (χ3n) is 3.40. The maximum Gasteiger partial charge on any atom is 0.256 e. The van der Waals surface area contributed by atoms with Gasteiger partial charge in [0, 0.05) is 23.8 Å². The van der Waals surface area contributed by atoms with Crippen molar-refractivity contribution in [2.75, 3.05) is 19.4 Å². The molecule has 2 rings (SSSR count). The lowest BCUT2D eigenvalue weighted by molar-refractivity contribution is 0.0575. The Morgan fingerprint density at radius 1 is 1.56 bits per heavy atom. The molecule has 18 heavy (non-hydrogen) atoms. The van der Waals surface area contributed by atoms with Gasteiger partial charge in [0.05, 0.1) is 17.7 Å². The van der Waals surface area contributed by atoms with Crippen molar-refractivity contribution in [3.63, 3.8) is 0 Å². The quantitative estimate of drug-likeness (QED) is 0.852. The Morgan fingerprint density at radius 3 is 2.89 bits per heavy atom. The van der Waals surface area contributed by atoms with Gasteiger partial charge in [-0.15, -0.1) is 0 Å². The lowest BCUT2D eigenvalue weighted by Gasteiger charge is -2.27. The Balaban J connectivity index is 2.22. The first-order chi connectivity index (χ1) is 8.50. The number of amides is 1. The molecule has 2 atom stereocenters. The molecule has 0 radical (unpaired) electrons. The second-order valence-corrected chi connectivity index (χ2v) is 5.50. The van der Waals surface area contributed by atoms with Crippen LogP contribution in [0.1, 0.15) is 23.7 Å². The van der Waals surface area contributed by atoms with Gasteiger partial charge in [-0.25, -0.2) is 0 Å². The van der Waals surface area contributed by atoms with E-state index in [4.69, 9.17) is 10.5 Å². The first kappa shape index (κ1) is 13.4. The Hall–Kier alpha value is -1.07. The average molecular weight is 313 g/mol. The van der Waals surface area contributed by atoms with Gasteiger partial charge in [0.2, 0.25) is 0 Å². The summed E-state index contributed by atoms with van der Waals surface area (Å²) in [7, 11) is 1.80. The number of nitrogens with two attached hydrogens (primary N) is 1. The highest BCUT2D eigenvalue weighted by Gasteiger charge is 2.31. The Kier molecular flexibility index (Phi) is 3.92. The van der Waals surface area contributed by atoms with E-state index in [2.05, 4.69) is 15.9 Å². The fourth-order valence-corrected chi connectivity index (χ4v) is 2.64. The van der Waals surface area contributed by atoms with Crippen LogP contribution in [-0.4, -0.2) is 36.6 Å². The van der Waals surface area contributed by atoms with Crippen LogP contribution >= 0.6 is 15.9 Å². The number of likely N-dealkylation sites (N-methyl/N-ethyl adjacent to an activating group) is 1. The predicted molar refractivity (Wildman–Crippen MR) is 74.5 cm³/mol. The summed E-state index contributed by atoms with van der Waals surface area (Å²) in [6, 6.07) is 5.44. The van der Waals surface area contributed by atoms with Gasteiger partial charge in [-0.1, -0.05) is 15.9 Å². The molecule has 0 spiro atoms. The number of carbonyl (C=O) groups is 1. The van der Waals surface area contributed by atoms with E-state index in [0.29, 0.717) is 17.9 Å². The SMILES string of the molecule is CC1OCCC1N(C)C(=O)c1cc(Br)ccc1N. The maximum absolute atomic E-state index is 12.4. The molecule has 1 heterocycles. The molecule has 2 N–H and O–H groups in total. The second kappa shape index (κ2) is 5.28. The zero-order valence-electron chi connectivity index (χ0n) is 10.5. The predicted octanol–water partition coefficient (Wildman–Crippen LogP) is 2.28. The third kappa shape index (κ3) is 2.52. The molecular formula is C13H17BrN2O2. The van der Waals surface area contributed by atoms with Crippen LogP contribution in [0.25, 0.3) is 0 Å². The minimum Gasteiger partial charge on any atom is -0.398 e. The van der Waals surface area contributed by atoms with Gasteiger partial charge < -0.3 is 15.4 Å². The van der Waals surface area contributed by atoms with Crippen molar-refractivity contribution in [3.8, 4) is 0 Å². The summed E-state index contributed by atoms with van der Waals surface area (Å²) in [6.45, 7) is 2.70. The Morgan fingerprint density at radius 2 is 2.28 bits per heavy atom. The zero-order chi connectivity index (χ0) is 13.3. The van der Waals surface area contributed by atoms with E-state index in [1.807, 2.05) is 13.0 Å². The van der Waals surface area contributed by atoms with E-state index >= 15 is 0 Å². The number of rotatable bonds is 2. The van der Waals surface area contributed by atoms with Crippen molar-refractivity contribution in [1.82, 2.24) is 4.90 Å². The van der Waals surface area contributed by atoms with Gasteiger partial charge in [0.25, 0.3) is 5.91 Å². The molecule has 1 aromatic rings. The lowest BCUT2D eigenvalue weighted by atomic mass is 10.1. The van der Waals surface area contributed by atoms with E-state index in [9.17, 15) is 4.79 Å². The molecule has 98 valence electrons. The number of benzene rings is 1. The van der Waals surface area contributed by atoms with Gasteiger partial charge in [0.1, 0.15) is 0 Å². The summed E-state index contributed by atoms with van der Waals surface area (Å²) >= 11 is 3.36. The molecule has 1 amide bonds. The topological polar surface area (TPSA) is 55.6 Å². The molecule has 0 saturated carbocycles. The van der Waals surface area contributed by atoms with Gasteiger partial charge in [-0.05, 0) is 31.5 Å². The summed E-state index contributed by atoms with van der Waals surface area (Å²) < 4.78 is 6.34. The summed E-state index contributed by atoms with van der Waals surface area (Å²) in [5.41, 5.74) is 6.90. The summed E-state index contributed by atoms with van der Waals surface area (Å²) in [4.78, 5) is 14.2. The third-order valence-corrected chi connectivity index (χ3v) is 3.89. The highest BCUT2D eigenvalue weighted by Crippen LogP contribution is 2.24. The molecule has 1 aliphatic heterocycles. The number of hydrogen-bond acceptors (Lipinski definition) is 3. The minimum atomic E-state index is -0.0591. The molecule has 1 saturated heterocycles. The Bertz CT molecular complexity index is 464. The molecule has 5 heteroatoms.